The van der Waals surface area contributed by atoms with Gasteiger partial charge >= 0.3 is 0 Å². The molecule has 2 amide bonds. The van der Waals surface area contributed by atoms with Crippen LogP contribution in [0.3, 0.4) is 0 Å². The Kier molecular flexibility index (Phi) is 6.75. The summed E-state index contributed by atoms with van der Waals surface area (Å²) in [5, 5.41) is 2.98. The van der Waals surface area contributed by atoms with E-state index < -0.39 is 6.04 Å². The summed E-state index contributed by atoms with van der Waals surface area (Å²) in [6.45, 7) is 6.98. The summed E-state index contributed by atoms with van der Waals surface area (Å²) < 4.78 is 11.2. The average Bonchev–Trinajstić information content (AvgIpc) is 3.10. The molecule has 1 heterocycles. The molecule has 0 bridgehead atoms. The summed E-state index contributed by atoms with van der Waals surface area (Å²) in [7, 11) is 0. The van der Waals surface area contributed by atoms with Crippen molar-refractivity contribution < 1.29 is 19.1 Å². The smallest absolute Gasteiger partial charge is 0.243 e. The fourth-order valence-corrected chi connectivity index (χ4v) is 3.68. The zero-order valence-corrected chi connectivity index (χ0v) is 17.2. The number of fused-ring (bicyclic) bond motifs is 1. The number of carbonyl (C=O) groups excluding carboxylic acids is 2. The normalized spacial score (nSPS) is 15.0. The molecule has 1 aliphatic rings. The van der Waals surface area contributed by atoms with Crippen molar-refractivity contribution in [3.63, 3.8) is 0 Å². The third-order valence-corrected chi connectivity index (χ3v) is 4.94. The zero-order chi connectivity index (χ0) is 20.8. The van der Waals surface area contributed by atoms with Gasteiger partial charge in [-0.15, -0.1) is 0 Å². The number of benzene rings is 2. The van der Waals surface area contributed by atoms with Gasteiger partial charge in [0.1, 0.15) is 6.04 Å². The molecular formula is C23H28N2O4. The molecule has 0 aliphatic carbocycles. The second kappa shape index (κ2) is 9.45. The van der Waals surface area contributed by atoms with Gasteiger partial charge < -0.3 is 14.8 Å². The van der Waals surface area contributed by atoms with E-state index in [9.17, 15) is 9.59 Å². The Hall–Kier alpha value is -3.02. The van der Waals surface area contributed by atoms with Crippen molar-refractivity contribution in [1.82, 2.24) is 5.32 Å². The SMILES string of the molecule is CCOc1ccc(CCNC(=O)[C@H]2Cc3ccccc3N2C(C)=O)cc1OCC. The van der Waals surface area contributed by atoms with Crippen LogP contribution in [0.1, 0.15) is 31.9 Å². The highest BCUT2D eigenvalue weighted by Gasteiger charge is 2.36. The molecule has 154 valence electrons. The second-order valence-corrected chi connectivity index (χ2v) is 6.93. The summed E-state index contributed by atoms with van der Waals surface area (Å²) in [5.41, 5.74) is 2.90. The van der Waals surface area contributed by atoms with Crippen molar-refractivity contribution in [1.29, 1.82) is 0 Å². The standard InChI is InChI=1S/C23H28N2O4/c1-4-28-21-11-10-17(14-22(21)29-5-2)12-13-24-23(27)20-15-18-8-6-7-9-19(18)25(20)16(3)26/h6-11,14,20H,4-5,12-13,15H2,1-3H3,(H,24,27)/t20-/m1/s1. The average molecular weight is 396 g/mol. The first kappa shape index (κ1) is 20.7. The number of rotatable bonds is 8. The molecule has 1 aliphatic heterocycles. The van der Waals surface area contributed by atoms with Crippen LogP contribution >= 0.6 is 0 Å². The van der Waals surface area contributed by atoms with Gasteiger partial charge in [-0.1, -0.05) is 24.3 Å². The largest absolute Gasteiger partial charge is 0.490 e. The zero-order valence-electron chi connectivity index (χ0n) is 17.2. The van der Waals surface area contributed by atoms with Gasteiger partial charge in [-0.2, -0.15) is 0 Å². The Labute approximate surface area is 171 Å². The lowest BCUT2D eigenvalue weighted by Crippen LogP contribution is -2.47. The number of nitrogens with one attached hydrogen (secondary N) is 1. The van der Waals surface area contributed by atoms with E-state index in [-0.39, 0.29) is 11.8 Å². The summed E-state index contributed by atoms with van der Waals surface area (Å²) in [5.74, 6) is 1.19. The Morgan fingerprint density at radius 3 is 2.52 bits per heavy atom. The first-order chi connectivity index (χ1) is 14.0. The molecule has 6 heteroatoms. The van der Waals surface area contributed by atoms with Crippen LogP contribution in [-0.4, -0.2) is 37.6 Å². The number of hydrogen-bond donors (Lipinski definition) is 1. The Morgan fingerprint density at radius 1 is 1.07 bits per heavy atom. The second-order valence-electron chi connectivity index (χ2n) is 6.93. The lowest BCUT2D eigenvalue weighted by Gasteiger charge is -2.23. The van der Waals surface area contributed by atoms with Gasteiger partial charge in [0.15, 0.2) is 11.5 Å². The molecule has 2 aromatic carbocycles. The van der Waals surface area contributed by atoms with E-state index in [0.29, 0.717) is 38.3 Å². The molecular weight excluding hydrogens is 368 g/mol. The number of anilines is 1. The summed E-state index contributed by atoms with van der Waals surface area (Å²) in [6, 6.07) is 13.0. The van der Waals surface area contributed by atoms with Crippen LogP contribution in [0.5, 0.6) is 11.5 Å². The minimum absolute atomic E-state index is 0.122. The van der Waals surface area contributed by atoms with Gasteiger partial charge in [0.25, 0.3) is 0 Å². The van der Waals surface area contributed by atoms with Gasteiger partial charge in [-0.05, 0) is 49.6 Å². The van der Waals surface area contributed by atoms with Crippen LogP contribution in [0.4, 0.5) is 5.69 Å². The third kappa shape index (κ3) is 4.70. The minimum Gasteiger partial charge on any atom is -0.490 e. The topological polar surface area (TPSA) is 67.9 Å². The van der Waals surface area contributed by atoms with Crippen molar-refractivity contribution in [2.45, 2.75) is 39.7 Å². The number of nitrogens with zero attached hydrogens (tertiary/aromatic N) is 1. The van der Waals surface area contributed by atoms with Crippen LogP contribution in [0.15, 0.2) is 42.5 Å². The Bertz CT molecular complexity index is 881. The van der Waals surface area contributed by atoms with Gasteiger partial charge in [-0.25, -0.2) is 0 Å². The maximum Gasteiger partial charge on any atom is 0.243 e. The lowest BCUT2D eigenvalue weighted by molar-refractivity contribution is -0.125. The molecule has 0 saturated carbocycles. The van der Waals surface area contributed by atoms with Crippen LogP contribution in [0.25, 0.3) is 0 Å². The summed E-state index contributed by atoms with van der Waals surface area (Å²) >= 11 is 0. The van der Waals surface area contributed by atoms with Crippen molar-refractivity contribution in [3.05, 3.63) is 53.6 Å². The van der Waals surface area contributed by atoms with Crippen molar-refractivity contribution >= 4 is 17.5 Å². The van der Waals surface area contributed by atoms with E-state index in [1.807, 2.05) is 56.3 Å². The number of para-hydroxylation sites is 1. The lowest BCUT2D eigenvalue weighted by atomic mass is 10.1. The minimum atomic E-state index is -0.496. The predicted molar refractivity (Wildman–Crippen MR) is 113 cm³/mol. The number of carbonyl (C=O) groups is 2. The van der Waals surface area contributed by atoms with Gasteiger partial charge in [0.2, 0.25) is 11.8 Å². The number of hydrogen-bond acceptors (Lipinski definition) is 4. The molecule has 29 heavy (non-hydrogen) atoms. The van der Waals surface area contributed by atoms with Crippen molar-refractivity contribution in [2.75, 3.05) is 24.7 Å². The highest BCUT2D eigenvalue weighted by molar-refractivity contribution is 6.02. The molecule has 0 radical (unpaired) electrons. The molecule has 3 rings (SSSR count). The number of ether oxygens (including phenoxy) is 2. The van der Waals surface area contributed by atoms with Gasteiger partial charge in [-0.3, -0.25) is 14.5 Å². The van der Waals surface area contributed by atoms with Crippen molar-refractivity contribution in [2.24, 2.45) is 0 Å². The quantitative estimate of drug-likeness (QED) is 0.744. The highest BCUT2D eigenvalue weighted by Crippen LogP contribution is 2.32. The number of amides is 2. The third-order valence-electron chi connectivity index (χ3n) is 4.94. The molecule has 1 atom stereocenters. The van der Waals surface area contributed by atoms with Crippen LogP contribution in [0.2, 0.25) is 0 Å². The van der Waals surface area contributed by atoms with E-state index >= 15 is 0 Å². The monoisotopic (exact) mass is 396 g/mol. The van der Waals surface area contributed by atoms with E-state index in [1.165, 1.54) is 6.92 Å². The molecule has 0 saturated heterocycles. The molecule has 0 unspecified atom stereocenters. The van der Waals surface area contributed by atoms with Gasteiger partial charge in [0.05, 0.1) is 13.2 Å². The Morgan fingerprint density at radius 2 is 1.79 bits per heavy atom. The molecule has 0 spiro atoms. The van der Waals surface area contributed by atoms with E-state index in [2.05, 4.69) is 5.32 Å². The van der Waals surface area contributed by atoms with E-state index in [1.54, 1.807) is 4.90 Å². The van der Waals surface area contributed by atoms with Crippen molar-refractivity contribution in [3.8, 4) is 11.5 Å². The summed E-state index contributed by atoms with van der Waals surface area (Å²) in [4.78, 5) is 26.5. The first-order valence-corrected chi connectivity index (χ1v) is 10.1. The highest BCUT2D eigenvalue weighted by atomic mass is 16.5. The first-order valence-electron chi connectivity index (χ1n) is 10.1. The fourth-order valence-electron chi connectivity index (χ4n) is 3.68. The maximum absolute atomic E-state index is 12.8. The molecule has 6 nitrogen and oxygen atoms in total. The van der Waals surface area contributed by atoms with Gasteiger partial charge in [0, 0.05) is 25.6 Å². The van der Waals surface area contributed by atoms with E-state index in [4.69, 9.17) is 9.47 Å². The molecule has 0 fully saturated rings. The van der Waals surface area contributed by atoms with E-state index in [0.717, 1.165) is 22.6 Å². The molecule has 2 aromatic rings. The Balaban J connectivity index is 1.61. The van der Waals surface area contributed by atoms with Crippen LogP contribution < -0.4 is 19.7 Å². The molecule has 1 N–H and O–H groups in total. The fraction of sp³-hybridized carbons (Fsp3) is 0.391. The molecule has 0 aromatic heterocycles. The van der Waals surface area contributed by atoms with Crippen LogP contribution in [0, 0.1) is 0 Å². The van der Waals surface area contributed by atoms with Crippen LogP contribution in [-0.2, 0) is 22.4 Å². The maximum atomic E-state index is 12.8. The summed E-state index contributed by atoms with van der Waals surface area (Å²) in [6.07, 6.45) is 1.21. The predicted octanol–water partition coefficient (Wildman–Crippen LogP) is 3.12.